The number of hydrogen-bond acceptors (Lipinski definition) is 7. The molecule has 0 aromatic heterocycles. The number of nitro benzene ring substituents is 1. The van der Waals surface area contributed by atoms with Crippen LogP contribution in [0.2, 0.25) is 0 Å². The van der Waals surface area contributed by atoms with E-state index in [0.29, 0.717) is 6.42 Å². The highest BCUT2D eigenvalue weighted by Gasteiger charge is 2.28. The summed E-state index contributed by atoms with van der Waals surface area (Å²) in [6.07, 6.45) is 0.541. The second kappa shape index (κ2) is 7.31. The van der Waals surface area contributed by atoms with Crippen LogP contribution in [0, 0.1) is 10.1 Å². The summed E-state index contributed by atoms with van der Waals surface area (Å²) in [6.45, 7) is 1.54. The third kappa shape index (κ3) is 3.88. The molecule has 9 nitrogen and oxygen atoms in total. The molecule has 1 aromatic carbocycles. The number of rotatable bonds is 8. The molecule has 0 heterocycles. The molecule has 21 heavy (non-hydrogen) atoms. The van der Waals surface area contributed by atoms with Crippen molar-refractivity contribution in [3.8, 4) is 0 Å². The van der Waals surface area contributed by atoms with Crippen LogP contribution in [0.25, 0.3) is 0 Å². The largest absolute Gasteiger partial charge is 0.395 e. The highest BCUT2D eigenvalue weighted by molar-refractivity contribution is 7.89. The Balaban J connectivity index is 3.39. The number of nitrogens with zero attached hydrogens (tertiary/aromatic N) is 2. The van der Waals surface area contributed by atoms with Gasteiger partial charge in [0.2, 0.25) is 10.0 Å². The van der Waals surface area contributed by atoms with Gasteiger partial charge in [-0.1, -0.05) is 6.92 Å². The number of benzene rings is 1. The quantitative estimate of drug-likeness (QED) is 0.355. The topological polar surface area (TPSA) is 139 Å². The lowest BCUT2D eigenvalue weighted by Crippen LogP contribution is -2.35. The lowest BCUT2D eigenvalue weighted by molar-refractivity contribution is -0.385. The van der Waals surface area contributed by atoms with E-state index in [1.807, 2.05) is 0 Å². The van der Waals surface area contributed by atoms with Crippen LogP contribution < -0.4 is 11.3 Å². The van der Waals surface area contributed by atoms with Gasteiger partial charge in [-0.2, -0.15) is 4.31 Å². The highest BCUT2D eigenvalue weighted by Crippen LogP contribution is 2.28. The van der Waals surface area contributed by atoms with E-state index in [0.717, 1.165) is 16.4 Å². The number of non-ortho nitro benzene ring substituents is 1. The third-order valence-electron chi connectivity index (χ3n) is 2.77. The van der Waals surface area contributed by atoms with E-state index in [4.69, 9.17) is 10.9 Å². The highest BCUT2D eigenvalue weighted by atomic mass is 32.2. The molecule has 118 valence electrons. The van der Waals surface area contributed by atoms with E-state index in [1.54, 1.807) is 6.92 Å². The van der Waals surface area contributed by atoms with E-state index in [9.17, 15) is 18.5 Å². The van der Waals surface area contributed by atoms with Gasteiger partial charge in [-0.3, -0.25) is 16.0 Å². The number of sulfonamides is 1. The van der Waals surface area contributed by atoms with Crippen LogP contribution in [0.3, 0.4) is 0 Å². The van der Waals surface area contributed by atoms with Gasteiger partial charge >= 0.3 is 0 Å². The molecule has 1 aromatic rings. The van der Waals surface area contributed by atoms with Crippen molar-refractivity contribution >= 4 is 21.4 Å². The first kappa shape index (κ1) is 17.3. The molecule has 4 N–H and O–H groups in total. The van der Waals surface area contributed by atoms with Gasteiger partial charge in [0.1, 0.15) is 4.90 Å². The predicted molar refractivity (Wildman–Crippen MR) is 77.0 cm³/mol. The van der Waals surface area contributed by atoms with Crippen LogP contribution >= 0.6 is 0 Å². The summed E-state index contributed by atoms with van der Waals surface area (Å²) in [4.78, 5) is 9.83. The molecule has 0 saturated carbocycles. The fraction of sp³-hybridized carbons (Fsp3) is 0.455. The van der Waals surface area contributed by atoms with Crippen molar-refractivity contribution in [1.82, 2.24) is 4.31 Å². The molecule has 0 atom stereocenters. The third-order valence-corrected chi connectivity index (χ3v) is 4.71. The van der Waals surface area contributed by atoms with Gasteiger partial charge in [0.15, 0.2) is 0 Å². The lowest BCUT2D eigenvalue weighted by Gasteiger charge is -2.21. The van der Waals surface area contributed by atoms with Crippen LogP contribution in [-0.4, -0.2) is 42.4 Å². The molecule has 0 amide bonds. The fourth-order valence-corrected chi connectivity index (χ4v) is 3.51. The zero-order chi connectivity index (χ0) is 16.0. The van der Waals surface area contributed by atoms with Gasteiger partial charge in [-0.25, -0.2) is 8.42 Å². The first-order chi connectivity index (χ1) is 9.88. The van der Waals surface area contributed by atoms with Crippen molar-refractivity contribution in [3.63, 3.8) is 0 Å². The first-order valence-corrected chi connectivity index (χ1v) is 7.68. The van der Waals surface area contributed by atoms with Crippen LogP contribution in [0.5, 0.6) is 0 Å². The minimum Gasteiger partial charge on any atom is -0.395 e. The summed E-state index contributed by atoms with van der Waals surface area (Å²) in [5.74, 6) is 5.27. The van der Waals surface area contributed by atoms with E-state index in [2.05, 4.69) is 5.43 Å². The number of hydrazine groups is 1. The van der Waals surface area contributed by atoms with Crippen LogP contribution in [0.4, 0.5) is 11.4 Å². The number of nitrogens with one attached hydrogen (secondary N) is 1. The number of aliphatic hydroxyl groups is 1. The second-order valence-corrected chi connectivity index (χ2v) is 6.12. The Bertz CT molecular complexity index is 599. The Morgan fingerprint density at radius 3 is 2.57 bits per heavy atom. The van der Waals surface area contributed by atoms with Gasteiger partial charge in [0.25, 0.3) is 5.69 Å². The fourth-order valence-electron chi connectivity index (χ4n) is 1.81. The van der Waals surface area contributed by atoms with Gasteiger partial charge in [0, 0.05) is 25.2 Å². The van der Waals surface area contributed by atoms with Crippen molar-refractivity contribution in [2.45, 2.75) is 18.2 Å². The van der Waals surface area contributed by atoms with Crippen molar-refractivity contribution in [1.29, 1.82) is 0 Å². The molecule has 0 bridgehead atoms. The number of nitrogen functional groups attached to an aromatic ring is 1. The summed E-state index contributed by atoms with van der Waals surface area (Å²) in [6, 6.07) is 3.34. The molecular weight excluding hydrogens is 300 g/mol. The van der Waals surface area contributed by atoms with E-state index < -0.39 is 14.9 Å². The minimum atomic E-state index is -4.00. The van der Waals surface area contributed by atoms with Gasteiger partial charge in [0.05, 0.1) is 17.2 Å². The smallest absolute Gasteiger partial charge is 0.270 e. The molecule has 0 aliphatic rings. The van der Waals surface area contributed by atoms with Gasteiger partial charge in [-0.15, -0.1) is 0 Å². The molecule has 0 saturated heterocycles. The van der Waals surface area contributed by atoms with E-state index in [1.165, 1.54) is 6.07 Å². The van der Waals surface area contributed by atoms with Crippen molar-refractivity contribution in [3.05, 3.63) is 28.3 Å². The first-order valence-electron chi connectivity index (χ1n) is 6.24. The number of nitrogens with two attached hydrogens (primary N) is 1. The number of nitro groups is 1. The molecule has 0 aliphatic heterocycles. The second-order valence-electron chi connectivity index (χ2n) is 4.21. The van der Waals surface area contributed by atoms with Crippen molar-refractivity contribution in [2.24, 2.45) is 5.84 Å². The lowest BCUT2D eigenvalue weighted by atomic mass is 10.3. The average Bonchev–Trinajstić information content (AvgIpc) is 2.46. The summed E-state index contributed by atoms with van der Waals surface area (Å²) in [5, 5.41) is 19.8. The molecule has 1 rings (SSSR count). The maximum Gasteiger partial charge on any atom is 0.270 e. The summed E-state index contributed by atoms with van der Waals surface area (Å²) in [7, 11) is -4.00. The monoisotopic (exact) mass is 318 g/mol. The zero-order valence-corrected chi connectivity index (χ0v) is 12.3. The minimum absolute atomic E-state index is 0.0552. The number of aliphatic hydroxyl groups excluding tert-OH is 1. The molecular formula is C11H18N4O5S. The zero-order valence-electron chi connectivity index (χ0n) is 11.5. The van der Waals surface area contributed by atoms with E-state index >= 15 is 0 Å². The number of anilines is 1. The molecule has 0 spiro atoms. The Morgan fingerprint density at radius 2 is 2.10 bits per heavy atom. The molecule has 0 aliphatic carbocycles. The SMILES string of the molecule is CCCN(CCO)S(=O)(=O)c1cc([N+](=O)[O-])ccc1NN. The summed E-state index contributed by atoms with van der Waals surface area (Å²) >= 11 is 0. The standard InChI is InChI=1S/C11H18N4O5S/c1-2-5-14(6-7-16)21(19,20)11-8-9(15(17)18)3-4-10(11)13-12/h3-4,8,13,16H,2,5-7,12H2,1H3. The van der Waals surface area contributed by atoms with Gasteiger partial charge < -0.3 is 10.5 Å². The Hall–Kier alpha value is -1.75. The van der Waals surface area contributed by atoms with E-state index in [-0.39, 0.29) is 36.0 Å². The normalized spacial score (nSPS) is 11.6. The predicted octanol–water partition coefficient (Wildman–Crippen LogP) is 0.273. The van der Waals surface area contributed by atoms with Crippen LogP contribution in [0.1, 0.15) is 13.3 Å². The van der Waals surface area contributed by atoms with Crippen LogP contribution in [-0.2, 0) is 10.0 Å². The maximum absolute atomic E-state index is 12.6. The number of hydrogen-bond donors (Lipinski definition) is 3. The molecule has 10 heteroatoms. The Kier molecular flexibility index (Phi) is 6.03. The van der Waals surface area contributed by atoms with Crippen molar-refractivity contribution in [2.75, 3.05) is 25.1 Å². The molecule has 0 radical (unpaired) electrons. The van der Waals surface area contributed by atoms with Crippen molar-refractivity contribution < 1.29 is 18.4 Å². The Labute approximate surface area is 122 Å². The molecule has 0 fully saturated rings. The molecule has 0 unspecified atom stereocenters. The van der Waals surface area contributed by atoms with Crippen LogP contribution in [0.15, 0.2) is 23.1 Å². The maximum atomic E-state index is 12.6. The average molecular weight is 318 g/mol. The summed E-state index contributed by atoms with van der Waals surface area (Å²) in [5.41, 5.74) is 1.92. The summed E-state index contributed by atoms with van der Waals surface area (Å²) < 4.78 is 26.2. The Morgan fingerprint density at radius 1 is 1.43 bits per heavy atom. The van der Waals surface area contributed by atoms with Gasteiger partial charge in [-0.05, 0) is 12.5 Å².